The van der Waals surface area contributed by atoms with Crippen LogP contribution >= 0.6 is 34.9 Å². The minimum atomic E-state index is -1.15. The number of carbonyl (C=O) groups excluding carboxylic acids is 2. The predicted octanol–water partition coefficient (Wildman–Crippen LogP) is 0.655. The van der Waals surface area contributed by atoms with Crippen molar-refractivity contribution in [1.29, 1.82) is 0 Å². The number of anilines is 1. The van der Waals surface area contributed by atoms with Crippen LogP contribution in [0.3, 0.4) is 0 Å². The molecular weight excluding hydrogens is 450 g/mol. The summed E-state index contributed by atoms with van der Waals surface area (Å²) in [5.41, 5.74) is 6.10. The normalized spacial score (nSPS) is 20.7. The van der Waals surface area contributed by atoms with Crippen LogP contribution < -0.4 is 11.1 Å². The van der Waals surface area contributed by atoms with Gasteiger partial charge in [-0.15, -0.1) is 28.2 Å². The number of nitrogens with zero attached hydrogens (tertiary/aromatic N) is 4. The first-order valence-corrected chi connectivity index (χ1v) is 11.7. The minimum absolute atomic E-state index is 0.000207. The van der Waals surface area contributed by atoms with Crippen LogP contribution in [0.15, 0.2) is 27.2 Å². The Morgan fingerprint density at radius 1 is 1.43 bits per heavy atom. The summed E-state index contributed by atoms with van der Waals surface area (Å²) >= 11 is 4.04. The number of hydrogen-bond donors (Lipinski definition) is 4. The molecule has 2 aliphatic rings. The Balaban J connectivity index is 1.39. The molecule has 158 valence electrons. The van der Waals surface area contributed by atoms with Gasteiger partial charge >= 0.3 is 5.97 Å². The SMILES string of the molecule is Nc1nc(CC(=O)N[C@@H]2C(=O)N3C(C(=O)O)=C(SCSc4c[nH]nn4)CC[C@@H]23)cs1. The summed E-state index contributed by atoms with van der Waals surface area (Å²) < 4.78 is 0. The third-order valence-electron chi connectivity index (χ3n) is 4.66. The molecule has 4 rings (SSSR count). The van der Waals surface area contributed by atoms with Gasteiger partial charge < -0.3 is 16.2 Å². The van der Waals surface area contributed by atoms with E-state index < -0.39 is 17.9 Å². The number of carboxylic acids is 1. The number of fused-ring (bicyclic) bond motifs is 1. The fraction of sp³-hybridized carbons (Fsp3) is 0.375. The summed E-state index contributed by atoms with van der Waals surface area (Å²) in [6.45, 7) is 0. The number of rotatable bonds is 8. The maximum absolute atomic E-state index is 12.7. The van der Waals surface area contributed by atoms with Crippen molar-refractivity contribution in [1.82, 2.24) is 30.6 Å². The van der Waals surface area contributed by atoms with Crippen molar-refractivity contribution >= 4 is 57.8 Å². The monoisotopic (exact) mass is 467 g/mol. The lowest BCUT2D eigenvalue weighted by Gasteiger charge is -2.50. The summed E-state index contributed by atoms with van der Waals surface area (Å²) in [7, 11) is 0. The van der Waals surface area contributed by atoms with Crippen molar-refractivity contribution in [3.05, 3.63) is 27.9 Å². The van der Waals surface area contributed by atoms with Crippen LogP contribution in [0.2, 0.25) is 0 Å². The number of aromatic nitrogens is 4. The van der Waals surface area contributed by atoms with Crippen LogP contribution in [0.4, 0.5) is 5.13 Å². The molecule has 0 radical (unpaired) electrons. The first-order chi connectivity index (χ1) is 14.4. The average molecular weight is 468 g/mol. The number of thioether (sulfide) groups is 2. The second-order valence-corrected chi connectivity index (χ2v) is 9.83. The fourth-order valence-corrected chi connectivity index (χ4v) is 6.05. The van der Waals surface area contributed by atoms with Gasteiger partial charge in [0.25, 0.3) is 5.91 Å². The molecule has 0 bridgehead atoms. The lowest BCUT2D eigenvalue weighted by atomic mass is 9.86. The third kappa shape index (κ3) is 4.15. The molecule has 0 unspecified atom stereocenters. The van der Waals surface area contributed by atoms with Crippen molar-refractivity contribution in [3.8, 4) is 0 Å². The van der Waals surface area contributed by atoms with Crippen molar-refractivity contribution in [2.75, 3.05) is 10.8 Å². The Bertz CT molecular complexity index is 1010. The first kappa shape index (κ1) is 20.7. The summed E-state index contributed by atoms with van der Waals surface area (Å²) in [5.74, 6) is -1.90. The number of amides is 2. The molecule has 1 fully saturated rings. The van der Waals surface area contributed by atoms with Crippen LogP contribution in [-0.2, 0) is 20.8 Å². The van der Waals surface area contributed by atoms with Gasteiger partial charge in [-0.1, -0.05) is 17.0 Å². The molecule has 0 aliphatic carbocycles. The molecule has 2 amide bonds. The van der Waals surface area contributed by atoms with Gasteiger partial charge in [0, 0.05) is 10.3 Å². The Morgan fingerprint density at radius 3 is 2.93 bits per heavy atom. The molecular formula is C16H17N7O4S3. The standard InChI is InChI=1S/C16H17N7O4S3/c17-16-19-7(5-28-16)3-10(24)20-12-8-1-2-9(13(15(26)27)23(8)14(12)25)29-6-30-11-4-18-22-21-11/h4-5,8,12H,1-3,6H2,(H2,17,19)(H,20,24)(H,26,27)(H,18,21,22)/t8-,12-/m0/s1. The van der Waals surface area contributed by atoms with E-state index in [2.05, 4.69) is 25.7 Å². The van der Waals surface area contributed by atoms with Crippen molar-refractivity contribution < 1.29 is 19.5 Å². The van der Waals surface area contributed by atoms with E-state index in [1.807, 2.05) is 0 Å². The van der Waals surface area contributed by atoms with Crippen molar-refractivity contribution in [2.45, 2.75) is 36.4 Å². The average Bonchev–Trinajstić information content (AvgIpc) is 3.37. The number of hydrogen-bond acceptors (Lipinski definition) is 10. The van der Waals surface area contributed by atoms with E-state index in [0.29, 0.717) is 38.7 Å². The number of β-lactam (4-membered cyclic amide) rings is 1. The number of nitrogens with two attached hydrogens (primary N) is 1. The predicted molar refractivity (Wildman–Crippen MR) is 111 cm³/mol. The molecule has 14 heteroatoms. The molecule has 2 aliphatic heterocycles. The Kier molecular flexibility index (Phi) is 5.97. The number of thiazole rings is 1. The number of nitrogen functional groups attached to an aromatic ring is 1. The van der Waals surface area contributed by atoms with E-state index in [0.717, 1.165) is 0 Å². The Labute approximate surface area is 182 Å². The van der Waals surface area contributed by atoms with Gasteiger partial charge in [-0.05, 0) is 12.8 Å². The van der Waals surface area contributed by atoms with Crippen molar-refractivity contribution in [2.24, 2.45) is 0 Å². The molecule has 5 N–H and O–H groups in total. The molecule has 11 nitrogen and oxygen atoms in total. The van der Waals surface area contributed by atoms with Crippen LogP contribution in [0.1, 0.15) is 18.5 Å². The summed E-state index contributed by atoms with van der Waals surface area (Å²) in [6, 6.07) is -1.08. The zero-order valence-electron chi connectivity index (χ0n) is 15.4. The quantitative estimate of drug-likeness (QED) is 0.246. The number of aliphatic carboxylic acids is 1. The number of aromatic amines is 1. The highest BCUT2D eigenvalue weighted by atomic mass is 32.2. The summed E-state index contributed by atoms with van der Waals surface area (Å²) in [5, 5.41) is 25.8. The fourth-order valence-electron chi connectivity index (χ4n) is 3.38. The van der Waals surface area contributed by atoms with Crippen LogP contribution in [0, 0.1) is 0 Å². The van der Waals surface area contributed by atoms with E-state index in [1.165, 1.54) is 39.8 Å². The van der Waals surface area contributed by atoms with Gasteiger partial charge in [0.05, 0.1) is 29.4 Å². The van der Waals surface area contributed by atoms with Crippen molar-refractivity contribution in [3.63, 3.8) is 0 Å². The van der Waals surface area contributed by atoms with Gasteiger partial charge in [0.2, 0.25) is 5.91 Å². The molecule has 0 saturated carbocycles. The van der Waals surface area contributed by atoms with E-state index >= 15 is 0 Å². The lowest BCUT2D eigenvalue weighted by molar-refractivity contribution is -0.155. The molecule has 2 atom stereocenters. The second kappa shape index (κ2) is 8.65. The van der Waals surface area contributed by atoms with E-state index in [9.17, 15) is 19.5 Å². The lowest BCUT2D eigenvalue weighted by Crippen LogP contribution is -2.71. The van der Waals surface area contributed by atoms with Gasteiger partial charge in [-0.25, -0.2) is 9.78 Å². The van der Waals surface area contributed by atoms with E-state index in [4.69, 9.17) is 5.73 Å². The van der Waals surface area contributed by atoms with Crippen LogP contribution in [0.5, 0.6) is 0 Å². The van der Waals surface area contributed by atoms with Gasteiger partial charge in [0.1, 0.15) is 16.8 Å². The zero-order chi connectivity index (χ0) is 21.3. The molecule has 2 aromatic heterocycles. The molecule has 1 saturated heterocycles. The third-order valence-corrected chi connectivity index (χ3v) is 7.56. The summed E-state index contributed by atoms with van der Waals surface area (Å²) in [6.07, 6.45) is 2.77. The highest BCUT2D eigenvalue weighted by molar-refractivity contribution is 8.17. The van der Waals surface area contributed by atoms with Gasteiger partial charge in [-0.2, -0.15) is 0 Å². The maximum atomic E-state index is 12.7. The largest absolute Gasteiger partial charge is 0.477 e. The Hall–Kier alpha value is -2.58. The molecule has 2 aromatic rings. The highest BCUT2D eigenvalue weighted by Crippen LogP contribution is 2.42. The number of carboxylic acid groups (broad SMARTS) is 1. The molecule has 4 heterocycles. The number of allylic oxidation sites excluding steroid dienone is 1. The zero-order valence-corrected chi connectivity index (χ0v) is 17.9. The van der Waals surface area contributed by atoms with Gasteiger partial charge in [-0.3, -0.25) is 19.6 Å². The number of H-pyrrole nitrogens is 1. The number of carbonyl (C=O) groups is 3. The van der Waals surface area contributed by atoms with Crippen LogP contribution in [0.25, 0.3) is 0 Å². The van der Waals surface area contributed by atoms with Crippen LogP contribution in [-0.4, -0.2) is 65.4 Å². The highest BCUT2D eigenvalue weighted by Gasteiger charge is 2.53. The number of nitrogens with one attached hydrogen (secondary N) is 2. The maximum Gasteiger partial charge on any atom is 0.353 e. The topological polar surface area (TPSA) is 167 Å². The molecule has 0 spiro atoms. The smallest absolute Gasteiger partial charge is 0.353 e. The molecule has 30 heavy (non-hydrogen) atoms. The second-order valence-electron chi connectivity index (χ2n) is 6.51. The van der Waals surface area contributed by atoms with E-state index in [-0.39, 0.29) is 24.1 Å². The Morgan fingerprint density at radius 2 is 2.27 bits per heavy atom. The first-order valence-electron chi connectivity index (χ1n) is 8.85. The minimum Gasteiger partial charge on any atom is -0.477 e. The summed E-state index contributed by atoms with van der Waals surface area (Å²) in [4.78, 5) is 42.8. The van der Waals surface area contributed by atoms with Gasteiger partial charge in [0.15, 0.2) is 5.13 Å². The molecule has 0 aromatic carbocycles. The van der Waals surface area contributed by atoms with E-state index in [1.54, 1.807) is 11.6 Å².